The first-order valence-corrected chi connectivity index (χ1v) is 7.05. The number of carbonyl (C=O) groups excluding carboxylic acids is 2. The summed E-state index contributed by atoms with van der Waals surface area (Å²) in [4.78, 5) is 24.3. The smallest absolute Gasteiger partial charge is 0.411 e. The van der Waals surface area contributed by atoms with Gasteiger partial charge in [0.2, 0.25) is 5.91 Å². The lowest BCUT2D eigenvalue weighted by atomic mass is 10.3. The molecule has 1 aromatic carbocycles. The number of ether oxygens (including phenoxy) is 2. The van der Waals surface area contributed by atoms with E-state index in [0.717, 1.165) is 0 Å². The van der Waals surface area contributed by atoms with Crippen LogP contribution in [0.4, 0.5) is 18.9 Å². The van der Waals surface area contributed by atoms with Gasteiger partial charge in [0.15, 0.2) is 6.61 Å². The van der Waals surface area contributed by atoms with Crippen LogP contribution in [-0.4, -0.2) is 56.8 Å². The molecular weight excluding hydrogens is 329 g/mol. The number of rotatable bonds is 8. The van der Waals surface area contributed by atoms with Crippen LogP contribution in [0, 0.1) is 0 Å². The van der Waals surface area contributed by atoms with Crippen LogP contribution in [0.3, 0.4) is 0 Å². The molecule has 0 aliphatic carbocycles. The molecule has 0 bridgehead atoms. The number of halogens is 3. The Morgan fingerprint density at radius 2 is 1.79 bits per heavy atom. The second-order valence-corrected chi connectivity index (χ2v) is 5.07. The average Bonchev–Trinajstić information content (AvgIpc) is 2.49. The van der Waals surface area contributed by atoms with Crippen molar-refractivity contribution in [3.63, 3.8) is 0 Å². The number of hydrogen-bond donors (Lipinski definition) is 1. The molecule has 0 aromatic heterocycles. The topological polar surface area (TPSA) is 67.9 Å². The molecule has 0 saturated carbocycles. The molecule has 1 rings (SSSR count). The maximum atomic E-state index is 11.9. The molecule has 0 spiro atoms. The van der Waals surface area contributed by atoms with Crippen LogP contribution in [0.15, 0.2) is 24.3 Å². The first-order chi connectivity index (χ1) is 11.2. The summed E-state index contributed by atoms with van der Waals surface area (Å²) in [5, 5.41) is 2.52. The minimum atomic E-state index is -4.40. The van der Waals surface area contributed by atoms with Crippen LogP contribution in [0.1, 0.15) is 6.42 Å². The van der Waals surface area contributed by atoms with E-state index < -0.39 is 18.7 Å². The number of alkyl halides is 3. The molecule has 0 aliphatic rings. The molecule has 9 heteroatoms. The van der Waals surface area contributed by atoms with Crippen LogP contribution in [0.25, 0.3) is 0 Å². The zero-order valence-electron chi connectivity index (χ0n) is 13.4. The summed E-state index contributed by atoms with van der Waals surface area (Å²) in [5.41, 5.74) is 0.460. The minimum Gasteiger partial charge on any atom is -0.484 e. The Morgan fingerprint density at radius 3 is 2.33 bits per heavy atom. The Morgan fingerprint density at radius 1 is 1.17 bits per heavy atom. The van der Waals surface area contributed by atoms with E-state index in [2.05, 4.69) is 10.1 Å². The Labute approximate surface area is 137 Å². The Bertz CT molecular complexity index is 545. The fraction of sp³-hybridized carbons (Fsp3) is 0.467. The number of likely N-dealkylation sites (N-methyl/N-ethyl adjacent to an activating group) is 1. The normalized spacial score (nSPS) is 11.0. The fourth-order valence-electron chi connectivity index (χ4n) is 1.48. The number of amides is 2. The number of anilines is 1. The van der Waals surface area contributed by atoms with Gasteiger partial charge in [-0.25, -0.2) is 0 Å². The van der Waals surface area contributed by atoms with Crippen LogP contribution in [-0.2, 0) is 14.3 Å². The summed E-state index contributed by atoms with van der Waals surface area (Å²) in [5.74, 6) is -0.198. The molecule has 1 aromatic rings. The van der Waals surface area contributed by atoms with Crippen molar-refractivity contribution >= 4 is 17.5 Å². The monoisotopic (exact) mass is 348 g/mol. The lowest BCUT2D eigenvalue weighted by molar-refractivity contribution is -0.174. The molecule has 0 atom stereocenters. The van der Waals surface area contributed by atoms with E-state index in [1.54, 1.807) is 38.4 Å². The maximum Gasteiger partial charge on any atom is 0.411 e. The third kappa shape index (κ3) is 8.37. The van der Waals surface area contributed by atoms with Gasteiger partial charge in [0, 0.05) is 19.8 Å². The highest BCUT2D eigenvalue weighted by Gasteiger charge is 2.27. The van der Waals surface area contributed by atoms with Gasteiger partial charge in [-0.1, -0.05) is 0 Å². The molecule has 0 heterocycles. The van der Waals surface area contributed by atoms with E-state index in [1.807, 2.05) is 0 Å². The van der Waals surface area contributed by atoms with Crippen molar-refractivity contribution in [1.29, 1.82) is 0 Å². The first-order valence-electron chi connectivity index (χ1n) is 7.05. The van der Waals surface area contributed by atoms with Gasteiger partial charge in [-0.05, 0) is 24.3 Å². The van der Waals surface area contributed by atoms with Gasteiger partial charge < -0.3 is 19.7 Å². The molecule has 0 saturated heterocycles. The van der Waals surface area contributed by atoms with Crippen LogP contribution in [0.2, 0.25) is 0 Å². The lowest BCUT2D eigenvalue weighted by Crippen LogP contribution is -2.27. The summed E-state index contributed by atoms with van der Waals surface area (Å²) >= 11 is 0. The van der Waals surface area contributed by atoms with E-state index in [9.17, 15) is 22.8 Å². The van der Waals surface area contributed by atoms with Gasteiger partial charge in [0.05, 0.1) is 13.0 Å². The Kier molecular flexibility index (Phi) is 7.50. The summed E-state index contributed by atoms with van der Waals surface area (Å²) < 4.78 is 45.2. The van der Waals surface area contributed by atoms with E-state index >= 15 is 0 Å². The molecule has 0 fully saturated rings. The van der Waals surface area contributed by atoms with Crippen molar-refractivity contribution < 1.29 is 32.2 Å². The van der Waals surface area contributed by atoms with Crippen molar-refractivity contribution in [2.45, 2.75) is 12.6 Å². The molecule has 134 valence electrons. The summed E-state index contributed by atoms with van der Waals surface area (Å²) in [6.45, 7) is -1.80. The van der Waals surface area contributed by atoms with E-state index in [4.69, 9.17) is 4.74 Å². The van der Waals surface area contributed by atoms with Gasteiger partial charge in [0.25, 0.3) is 5.91 Å². The van der Waals surface area contributed by atoms with Gasteiger partial charge in [0.1, 0.15) is 12.4 Å². The van der Waals surface area contributed by atoms with Crippen molar-refractivity contribution in [2.75, 3.05) is 39.2 Å². The van der Waals surface area contributed by atoms with Crippen molar-refractivity contribution in [3.05, 3.63) is 24.3 Å². The number of carbonyl (C=O) groups is 2. The van der Waals surface area contributed by atoms with E-state index in [-0.39, 0.29) is 25.5 Å². The maximum absolute atomic E-state index is 11.9. The van der Waals surface area contributed by atoms with Gasteiger partial charge >= 0.3 is 6.18 Å². The fourth-order valence-corrected chi connectivity index (χ4v) is 1.48. The summed E-state index contributed by atoms with van der Waals surface area (Å²) in [6, 6.07) is 6.26. The standard InChI is InChI=1S/C15H19F3N2O4/c1-20(2)14(22)9-24-12-5-3-11(4-6-12)19-13(21)7-8-23-10-15(16,17)18/h3-6H,7-10H2,1-2H3,(H,19,21). The molecule has 24 heavy (non-hydrogen) atoms. The molecule has 1 N–H and O–H groups in total. The van der Waals surface area contributed by atoms with Crippen molar-refractivity contribution in [2.24, 2.45) is 0 Å². The largest absolute Gasteiger partial charge is 0.484 e. The van der Waals surface area contributed by atoms with Crippen molar-refractivity contribution in [1.82, 2.24) is 4.90 Å². The zero-order valence-corrected chi connectivity index (χ0v) is 13.4. The molecule has 6 nitrogen and oxygen atoms in total. The van der Waals surface area contributed by atoms with Crippen LogP contribution in [0.5, 0.6) is 5.75 Å². The Balaban J connectivity index is 2.33. The highest BCUT2D eigenvalue weighted by Crippen LogP contribution is 2.16. The van der Waals surface area contributed by atoms with E-state index in [0.29, 0.717) is 11.4 Å². The van der Waals surface area contributed by atoms with Gasteiger partial charge in [-0.2, -0.15) is 13.2 Å². The molecule has 0 aliphatic heterocycles. The van der Waals surface area contributed by atoms with Gasteiger partial charge in [-0.15, -0.1) is 0 Å². The number of benzene rings is 1. The summed E-state index contributed by atoms with van der Waals surface area (Å²) in [7, 11) is 3.23. The second kappa shape index (κ2) is 9.11. The van der Waals surface area contributed by atoms with Crippen LogP contribution >= 0.6 is 0 Å². The number of nitrogens with one attached hydrogen (secondary N) is 1. The lowest BCUT2D eigenvalue weighted by Gasteiger charge is -2.12. The highest BCUT2D eigenvalue weighted by molar-refractivity contribution is 5.90. The van der Waals surface area contributed by atoms with Gasteiger partial charge in [-0.3, -0.25) is 9.59 Å². The second-order valence-electron chi connectivity index (χ2n) is 5.07. The SMILES string of the molecule is CN(C)C(=O)COc1ccc(NC(=O)CCOCC(F)(F)F)cc1. The predicted octanol–water partition coefficient (Wildman–Crippen LogP) is 2.06. The molecule has 2 amide bonds. The zero-order chi connectivity index (χ0) is 18.2. The van der Waals surface area contributed by atoms with Crippen LogP contribution < -0.4 is 10.1 Å². The van der Waals surface area contributed by atoms with Crippen molar-refractivity contribution in [3.8, 4) is 5.75 Å². The average molecular weight is 348 g/mol. The number of hydrogen-bond acceptors (Lipinski definition) is 4. The molecular formula is C15H19F3N2O4. The first kappa shape index (κ1) is 19.8. The Hall–Kier alpha value is -2.29. The highest BCUT2D eigenvalue weighted by atomic mass is 19.4. The summed E-state index contributed by atoms with van der Waals surface area (Å²) in [6.07, 6.45) is -4.59. The molecule has 0 unspecified atom stereocenters. The van der Waals surface area contributed by atoms with E-state index in [1.165, 1.54) is 4.90 Å². The quantitative estimate of drug-likeness (QED) is 0.730. The third-order valence-electron chi connectivity index (χ3n) is 2.74. The minimum absolute atomic E-state index is 0.102. The molecule has 0 radical (unpaired) electrons. The predicted molar refractivity (Wildman–Crippen MR) is 80.8 cm³/mol. The third-order valence-corrected chi connectivity index (χ3v) is 2.74. The number of nitrogens with zero attached hydrogens (tertiary/aromatic N) is 1.